The van der Waals surface area contributed by atoms with Crippen LogP contribution in [0.1, 0.15) is 18.1 Å². The standard InChI is InChI=1S/C23H28ClN5O2/c1-17(30)27-21-8-4-6-19(14-21)16-26-23(25-2)29-11-9-28(10-12-29)22(31)15-18-5-3-7-20(24)13-18/h3-8,13-14H,9-12,15-16H2,1-2H3,(H,25,26)(H,27,30). The largest absolute Gasteiger partial charge is 0.352 e. The Balaban J connectivity index is 1.50. The third-order valence-electron chi connectivity index (χ3n) is 5.09. The van der Waals surface area contributed by atoms with E-state index in [-0.39, 0.29) is 11.8 Å². The number of hydrogen-bond donors (Lipinski definition) is 2. The Morgan fingerprint density at radius 3 is 2.35 bits per heavy atom. The number of anilines is 1. The van der Waals surface area contributed by atoms with Crippen LogP contribution in [0, 0.1) is 0 Å². The van der Waals surface area contributed by atoms with Gasteiger partial charge in [-0.3, -0.25) is 14.6 Å². The van der Waals surface area contributed by atoms with Crippen molar-refractivity contribution in [3.05, 3.63) is 64.7 Å². The minimum Gasteiger partial charge on any atom is -0.352 e. The van der Waals surface area contributed by atoms with Gasteiger partial charge in [-0.1, -0.05) is 35.9 Å². The van der Waals surface area contributed by atoms with Gasteiger partial charge < -0.3 is 20.4 Å². The average molecular weight is 442 g/mol. The number of guanidine groups is 1. The van der Waals surface area contributed by atoms with Gasteiger partial charge in [0.05, 0.1) is 6.42 Å². The predicted molar refractivity (Wildman–Crippen MR) is 124 cm³/mol. The summed E-state index contributed by atoms with van der Waals surface area (Å²) in [5.74, 6) is 0.815. The van der Waals surface area contributed by atoms with Crippen molar-refractivity contribution in [2.24, 2.45) is 4.99 Å². The molecule has 0 aromatic heterocycles. The van der Waals surface area contributed by atoms with Crippen molar-refractivity contribution in [3.63, 3.8) is 0 Å². The maximum absolute atomic E-state index is 12.6. The summed E-state index contributed by atoms with van der Waals surface area (Å²) in [4.78, 5) is 32.3. The molecular formula is C23H28ClN5O2. The van der Waals surface area contributed by atoms with E-state index in [9.17, 15) is 9.59 Å². The molecule has 1 saturated heterocycles. The smallest absolute Gasteiger partial charge is 0.227 e. The minimum atomic E-state index is -0.0938. The van der Waals surface area contributed by atoms with Gasteiger partial charge in [-0.05, 0) is 35.4 Å². The molecule has 2 aromatic rings. The highest BCUT2D eigenvalue weighted by Gasteiger charge is 2.23. The molecule has 1 aliphatic rings. The Bertz CT molecular complexity index is 954. The lowest BCUT2D eigenvalue weighted by Gasteiger charge is -2.36. The first-order chi connectivity index (χ1) is 14.9. The molecule has 0 saturated carbocycles. The first-order valence-corrected chi connectivity index (χ1v) is 10.7. The van der Waals surface area contributed by atoms with Crippen LogP contribution < -0.4 is 10.6 Å². The minimum absolute atomic E-state index is 0.0938. The Morgan fingerprint density at radius 2 is 1.68 bits per heavy atom. The molecule has 0 radical (unpaired) electrons. The number of halogens is 1. The van der Waals surface area contributed by atoms with Gasteiger partial charge in [-0.15, -0.1) is 0 Å². The summed E-state index contributed by atoms with van der Waals surface area (Å²) >= 11 is 6.02. The summed E-state index contributed by atoms with van der Waals surface area (Å²) in [5, 5.41) is 6.81. The first-order valence-electron chi connectivity index (χ1n) is 10.3. The van der Waals surface area contributed by atoms with Crippen LogP contribution >= 0.6 is 11.6 Å². The molecule has 3 rings (SSSR count). The van der Waals surface area contributed by atoms with E-state index in [0.29, 0.717) is 44.2 Å². The lowest BCUT2D eigenvalue weighted by molar-refractivity contribution is -0.131. The van der Waals surface area contributed by atoms with E-state index in [0.717, 1.165) is 22.8 Å². The molecule has 2 N–H and O–H groups in total. The van der Waals surface area contributed by atoms with Crippen LogP contribution in [0.5, 0.6) is 0 Å². The van der Waals surface area contributed by atoms with Crippen LogP contribution in [-0.4, -0.2) is 60.8 Å². The lowest BCUT2D eigenvalue weighted by Crippen LogP contribution is -2.53. The van der Waals surface area contributed by atoms with E-state index in [1.54, 1.807) is 7.05 Å². The van der Waals surface area contributed by atoms with Crippen LogP contribution in [0.15, 0.2) is 53.5 Å². The van der Waals surface area contributed by atoms with Crippen molar-refractivity contribution < 1.29 is 9.59 Å². The van der Waals surface area contributed by atoms with Gasteiger partial charge in [-0.25, -0.2) is 0 Å². The fourth-order valence-corrected chi connectivity index (χ4v) is 3.79. The Labute approximate surface area is 188 Å². The zero-order valence-electron chi connectivity index (χ0n) is 17.9. The van der Waals surface area contributed by atoms with Crippen molar-refractivity contribution in [2.45, 2.75) is 19.9 Å². The van der Waals surface area contributed by atoms with Crippen molar-refractivity contribution >= 4 is 35.1 Å². The topological polar surface area (TPSA) is 77.0 Å². The zero-order chi connectivity index (χ0) is 22.2. The average Bonchev–Trinajstić information content (AvgIpc) is 2.74. The van der Waals surface area contributed by atoms with Gasteiger partial charge in [0.1, 0.15) is 0 Å². The molecule has 0 atom stereocenters. The molecule has 2 amide bonds. The van der Waals surface area contributed by atoms with Crippen molar-refractivity contribution in [1.82, 2.24) is 15.1 Å². The second-order valence-electron chi connectivity index (χ2n) is 7.46. The number of amides is 2. The fraction of sp³-hybridized carbons (Fsp3) is 0.348. The molecule has 31 heavy (non-hydrogen) atoms. The molecule has 0 spiro atoms. The quantitative estimate of drug-likeness (QED) is 0.552. The van der Waals surface area contributed by atoms with Crippen LogP contribution in [0.3, 0.4) is 0 Å². The number of rotatable bonds is 5. The SMILES string of the molecule is CN=C(NCc1cccc(NC(C)=O)c1)N1CCN(C(=O)Cc2cccc(Cl)c2)CC1. The zero-order valence-corrected chi connectivity index (χ0v) is 18.7. The Hall–Kier alpha value is -3.06. The normalized spacial score (nSPS) is 14.4. The summed E-state index contributed by atoms with van der Waals surface area (Å²) in [5.41, 5.74) is 2.75. The van der Waals surface area contributed by atoms with E-state index >= 15 is 0 Å². The first kappa shape index (κ1) is 22.6. The van der Waals surface area contributed by atoms with E-state index < -0.39 is 0 Å². The number of nitrogens with one attached hydrogen (secondary N) is 2. The number of hydrogen-bond acceptors (Lipinski definition) is 3. The van der Waals surface area contributed by atoms with Crippen molar-refractivity contribution in [3.8, 4) is 0 Å². The molecule has 0 unspecified atom stereocenters. The second-order valence-corrected chi connectivity index (χ2v) is 7.89. The van der Waals surface area contributed by atoms with Gasteiger partial charge in [0.2, 0.25) is 11.8 Å². The lowest BCUT2D eigenvalue weighted by atomic mass is 10.1. The third-order valence-corrected chi connectivity index (χ3v) is 5.32. The molecule has 8 heteroatoms. The molecule has 0 bridgehead atoms. The van der Waals surface area contributed by atoms with Crippen LogP contribution in [0.25, 0.3) is 0 Å². The molecule has 7 nitrogen and oxygen atoms in total. The summed E-state index contributed by atoms with van der Waals surface area (Å²) in [6.07, 6.45) is 0.359. The summed E-state index contributed by atoms with van der Waals surface area (Å²) in [7, 11) is 1.76. The predicted octanol–water partition coefficient (Wildman–Crippen LogP) is 2.76. The molecule has 0 aliphatic carbocycles. The molecule has 1 heterocycles. The van der Waals surface area contributed by atoms with Crippen LogP contribution in [0.2, 0.25) is 5.02 Å². The van der Waals surface area contributed by atoms with Crippen LogP contribution in [-0.2, 0) is 22.6 Å². The summed E-state index contributed by atoms with van der Waals surface area (Å²) in [6, 6.07) is 15.1. The number of nitrogens with zero attached hydrogens (tertiary/aromatic N) is 3. The van der Waals surface area contributed by atoms with Gasteiger partial charge in [0.15, 0.2) is 5.96 Å². The Kier molecular flexibility index (Phi) is 7.89. The maximum Gasteiger partial charge on any atom is 0.227 e. The van der Waals surface area contributed by atoms with Crippen molar-refractivity contribution in [2.75, 3.05) is 38.5 Å². The van der Waals surface area contributed by atoms with Gasteiger partial charge >= 0.3 is 0 Å². The van der Waals surface area contributed by atoms with Crippen LogP contribution in [0.4, 0.5) is 5.69 Å². The highest BCUT2D eigenvalue weighted by atomic mass is 35.5. The second kappa shape index (κ2) is 10.8. The molecule has 1 aliphatic heterocycles. The van der Waals surface area contributed by atoms with Gasteiger partial charge in [0, 0.05) is 57.4 Å². The van der Waals surface area contributed by atoms with E-state index in [1.165, 1.54) is 6.92 Å². The highest BCUT2D eigenvalue weighted by Crippen LogP contribution is 2.14. The van der Waals surface area contributed by atoms with Gasteiger partial charge in [0.25, 0.3) is 0 Å². The van der Waals surface area contributed by atoms with Gasteiger partial charge in [-0.2, -0.15) is 0 Å². The van der Waals surface area contributed by atoms with E-state index in [1.807, 2.05) is 53.4 Å². The number of carbonyl (C=O) groups excluding carboxylic acids is 2. The number of aliphatic imine (C=N–C) groups is 1. The molecular weight excluding hydrogens is 414 g/mol. The highest BCUT2D eigenvalue weighted by molar-refractivity contribution is 6.30. The molecule has 2 aromatic carbocycles. The monoisotopic (exact) mass is 441 g/mol. The van der Waals surface area contributed by atoms with Crippen molar-refractivity contribution in [1.29, 1.82) is 0 Å². The van der Waals surface area contributed by atoms with E-state index in [2.05, 4.69) is 20.5 Å². The fourth-order valence-electron chi connectivity index (χ4n) is 3.58. The number of piperazine rings is 1. The summed E-state index contributed by atoms with van der Waals surface area (Å²) in [6.45, 7) is 4.82. The Morgan fingerprint density at radius 1 is 1.00 bits per heavy atom. The number of benzene rings is 2. The summed E-state index contributed by atoms with van der Waals surface area (Å²) < 4.78 is 0. The number of carbonyl (C=O) groups is 2. The molecule has 1 fully saturated rings. The maximum atomic E-state index is 12.6. The molecule has 164 valence electrons. The third kappa shape index (κ3) is 6.72. The van der Waals surface area contributed by atoms with E-state index in [4.69, 9.17) is 11.6 Å².